The SMILES string of the molecule is NC1CCCc2sc(-c3nc4ccccc4cc3Br)nc21. The predicted molar refractivity (Wildman–Crippen MR) is 90.4 cm³/mol. The van der Waals surface area contributed by atoms with Gasteiger partial charge in [-0.3, -0.25) is 0 Å². The fourth-order valence-electron chi connectivity index (χ4n) is 2.79. The number of thiazole rings is 1. The Labute approximate surface area is 135 Å². The molecular formula is C16H14BrN3S. The summed E-state index contributed by atoms with van der Waals surface area (Å²) in [6.07, 6.45) is 3.27. The van der Waals surface area contributed by atoms with Crippen LogP contribution in [0.1, 0.15) is 29.5 Å². The molecule has 106 valence electrons. The monoisotopic (exact) mass is 359 g/mol. The van der Waals surface area contributed by atoms with Crippen LogP contribution >= 0.6 is 27.3 Å². The van der Waals surface area contributed by atoms with Crippen molar-refractivity contribution in [3.63, 3.8) is 0 Å². The van der Waals surface area contributed by atoms with Crippen LogP contribution in [0.3, 0.4) is 0 Å². The highest BCUT2D eigenvalue weighted by molar-refractivity contribution is 9.10. The molecule has 0 bridgehead atoms. The normalized spacial score (nSPS) is 17.9. The van der Waals surface area contributed by atoms with Crippen molar-refractivity contribution >= 4 is 38.2 Å². The molecule has 0 fully saturated rings. The summed E-state index contributed by atoms with van der Waals surface area (Å²) < 4.78 is 0.987. The Bertz CT molecular complexity index is 828. The van der Waals surface area contributed by atoms with Gasteiger partial charge >= 0.3 is 0 Å². The van der Waals surface area contributed by atoms with Gasteiger partial charge in [0, 0.05) is 20.8 Å². The first-order chi connectivity index (χ1) is 10.2. The second kappa shape index (κ2) is 5.16. The summed E-state index contributed by atoms with van der Waals surface area (Å²) in [6, 6.07) is 10.3. The highest BCUT2D eigenvalue weighted by Crippen LogP contribution is 2.38. The van der Waals surface area contributed by atoms with Crippen LogP contribution in [0.4, 0.5) is 0 Å². The molecule has 2 heterocycles. The summed E-state index contributed by atoms with van der Waals surface area (Å²) in [7, 11) is 0. The van der Waals surface area contributed by atoms with Crippen molar-refractivity contribution in [3.8, 4) is 10.7 Å². The lowest BCUT2D eigenvalue weighted by atomic mass is 9.99. The minimum absolute atomic E-state index is 0.0815. The second-order valence-corrected chi connectivity index (χ2v) is 7.28. The lowest BCUT2D eigenvalue weighted by Gasteiger charge is -2.15. The molecule has 1 unspecified atom stereocenters. The number of fused-ring (bicyclic) bond motifs is 2. The van der Waals surface area contributed by atoms with E-state index in [9.17, 15) is 0 Å². The van der Waals surface area contributed by atoms with E-state index in [0.29, 0.717) is 0 Å². The third-order valence-corrected chi connectivity index (χ3v) is 5.62. The molecule has 1 atom stereocenters. The molecule has 0 aliphatic heterocycles. The quantitative estimate of drug-likeness (QED) is 0.697. The molecule has 5 heteroatoms. The topological polar surface area (TPSA) is 51.8 Å². The van der Waals surface area contributed by atoms with E-state index in [1.165, 1.54) is 4.88 Å². The smallest absolute Gasteiger partial charge is 0.143 e. The van der Waals surface area contributed by atoms with Gasteiger partial charge in [-0.15, -0.1) is 11.3 Å². The van der Waals surface area contributed by atoms with Crippen molar-refractivity contribution in [2.24, 2.45) is 5.73 Å². The first-order valence-electron chi connectivity index (χ1n) is 7.03. The highest BCUT2D eigenvalue weighted by atomic mass is 79.9. The standard InChI is InChI=1S/C16H14BrN3S/c17-10-8-9-4-1-2-6-12(9)19-14(10)16-20-15-11(18)5-3-7-13(15)21-16/h1-2,4,6,8,11H,3,5,7,18H2. The largest absolute Gasteiger partial charge is 0.323 e. The Balaban J connectivity index is 1.88. The molecule has 21 heavy (non-hydrogen) atoms. The minimum atomic E-state index is 0.0815. The number of nitrogens with zero attached hydrogens (tertiary/aromatic N) is 2. The van der Waals surface area contributed by atoms with E-state index in [1.807, 2.05) is 18.2 Å². The van der Waals surface area contributed by atoms with Gasteiger partial charge in [-0.1, -0.05) is 18.2 Å². The van der Waals surface area contributed by atoms with Crippen molar-refractivity contribution in [3.05, 3.63) is 45.4 Å². The number of nitrogens with two attached hydrogens (primary N) is 1. The fourth-order valence-corrected chi connectivity index (χ4v) is 4.62. The Morgan fingerprint density at radius 3 is 2.95 bits per heavy atom. The number of para-hydroxylation sites is 1. The van der Waals surface area contributed by atoms with Crippen molar-refractivity contribution in [2.45, 2.75) is 25.3 Å². The first-order valence-corrected chi connectivity index (χ1v) is 8.64. The number of benzene rings is 1. The molecule has 3 aromatic rings. The zero-order valence-corrected chi connectivity index (χ0v) is 13.7. The minimum Gasteiger partial charge on any atom is -0.323 e. The van der Waals surface area contributed by atoms with Crippen LogP contribution in [0.5, 0.6) is 0 Å². The predicted octanol–water partition coefficient (Wildman–Crippen LogP) is 4.46. The summed E-state index contributed by atoms with van der Waals surface area (Å²) in [5, 5.41) is 2.10. The van der Waals surface area contributed by atoms with Crippen molar-refractivity contribution in [1.29, 1.82) is 0 Å². The van der Waals surface area contributed by atoms with Gasteiger partial charge in [0.2, 0.25) is 0 Å². The molecule has 0 spiro atoms. The van der Waals surface area contributed by atoms with E-state index in [2.05, 4.69) is 28.1 Å². The van der Waals surface area contributed by atoms with Crippen molar-refractivity contribution in [2.75, 3.05) is 0 Å². The summed E-state index contributed by atoms with van der Waals surface area (Å²) in [6.45, 7) is 0. The lowest BCUT2D eigenvalue weighted by Crippen LogP contribution is -2.16. The molecule has 1 aliphatic rings. The van der Waals surface area contributed by atoms with Gasteiger partial charge in [0.15, 0.2) is 0 Å². The third-order valence-electron chi connectivity index (χ3n) is 3.88. The Hall–Kier alpha value is -1.30. The van der Waals surface area contributed by atoms with Crippen LogP contribution < -0.4 is 5.73 Å². The van der Waals surface area contributed by atoms with E-state index < -0.39 is 0 Å². The van der Waals surface area contributed by atoms with Gasteiger partial charge in [0.25, 0.3) is 0 Å². The van der Waals surface area contributed by atoms with Crippen LogP contribution in [0.2, 0.25) is 0 Å². The fraction of sp³-hybridized carbons (Fsp3) is 0.250. The number of aryl methyl sites for hydroxylation is 1. The van der Waals surface area contributed by atoms with Gasteiger partial charge in [-0.2, -0.15) is 0 Å². The van der Waals surface area contributed by atoms with Crippen LogP contribution in [-0.4, -0.2) is 9.97 Å². The van der Waals surface area contributed by atoms with Gasteiger partial charge in [-0.05, 0) is 47.3 Å². The summed E-state index contributed by atoms with van der Waals surface area (Å²) >= 11 is 5.37. The Kier molecular flexibility index (Phi) is 3.28. The van der Waals surface area contributed by atoms with Gasteiger partial charge < -0.3 is 5.73 Å². The van der Waals surface area contributed by atoms with Gasteiger partial charge in [0.05, 0.1) is 11.2 Å². The maximum atomic E-state index is 6.18. The Morgan fingerprint density at radius 1 is 1.24 bits per heavy atom. The molecule has 2 N–H and O–H groups in total. The second-order valence-electron chi connectivity index (χ2n) is 5.34. The zero-order valence-electron chi connectivity index (χ0n) is 11.3. The van der Waals surface area contributed by atoms with Crippen LogP contribution in [0.15, 0.2) is 34.8 Å². The number of pyridine rings is 1. The number of halogens is 1. The van der Waals surface area contributed by atoms with E-state index in [1.54, 1.807) is 11.3 Å². The van der Waals surface area contributed by atoms with Gasteiger partial charge in [0.1, 0.15) is 10.7 Å². The van der Waals surface area contributed by atoms with E-state index in [0.717, 1.165) is 51.0 Å². The number of rotatable bonds is 1. The van der Waals surface area contributed by atoms with E-state index in [4.69, 9.17) is 15.7 Å². The zero-order chi connectivity index (χ0) is 14.4. The molecule has 3 nitrogen and oxygen atoms in total. The molecule has 0 amide bonds. The van der Waals surface area contributed by atoms with E-state index in [-0.39, 0.29) is 6.04 Å². The van der Waals surface area contributed by atoms with E-state index >= 15 is 0 Å². The number of hydrogen-bond donors (Lipinski definition) is 1. The van der Waals surface area contributed by atoms with Crippen molar-refractivity contribution < 1.29 is 0 Å². The summed E-state index contributed by atoms with van der Waals surface area (Å²) in [5.74, 6) is 0. The number of hydrogen-bond acceptors (Lipinski definition) is 4. The summed E-state index contributed by atoms with van der Waals surface area (Å²) in [5.41, 5.74) is 9.16. The molecule has 0 radical (unpaired) electrons. The van der Waals surface area contributed by atoms with Crippen molar-refractivity contribution in [1.82, 2.24) is 9.97 Å². The van der Waals surface area contributed by atoms with Crippen LogP contribution in [0, 0.1) is 0 Å². The third kappa shape index (κ3) is 2.29. The Morgan fingerprint density at radius 2 is 2.10 bits per heavy atom. The average Bonchev–Trinajstić information content (AvgIpc) is 2.92. The molecule has 1 aromatic carbocycles. The molecule has 0 saturated heterocycles. The molecule has 0 saturated carbocycles. The highest BCUT2D eigenvalue weighted by Gasteiger charge is 2.23. The molecule has 2 aromatic heterocycles. The molecular weight excluding hydrogens is 346 g/mol. The molecule has 1 aliphatic carbocycles. The molecule has 4 rings (SSSR count). The average molecular weight is 360 g/mol. The maximum absolute atomic E-state index is 6.18. The van der Waals surface area contributed by atoms with Crippen LogP contribution in [-0.2, 0) is 6.42 Å². The van der Waals surface area contributed by atoms with Gasteiger partial charge in [-0.25, -0.2) is 9.97 Å². The summed E-state index contributed by atoms with van der Waals surface area (Å²) in [4.78, 5) is 10.9. The van der Waals surface area contributed by atoms with Crippen LogP contribution in [0.25, 0.3) is 21.6 Å². The maximum Gasteiger partial charge on any atom is 0.143 e. The first kappa shape index (κ1) is 13.4. The lowest BCUT2D eigenvalue weighted by molar-refractivity contribution is 0.564. The number of aromatic nitrogens is 2.